The first-order valence-electron chi connectivity index (χ1n) is 8.00. The second-order valence-electron chi connectivity index (χ2n) is 5.48. The maximum atomic E-state index is 11.5. The number of carboxylic acid groups (broad SMARTS) is 1. The number of methoxy groups -OCH3 is 3. The van der Waals surface area contributed by atoms with Gasteiger partial charge in [0.05, 0.1) is 26.9 Å². The average Bonchev–Trinajstić information content (AvgIpc) is 2.66. The van der Waals surface area contributed by atoms with Gasteiger partial charge in [-0.15, -0.1) is 0 Å². The van der Waals surface area contributed by atoms with Gasteiger partial charge in [-0.05, 0) is 53.4 Å². The van der Waals surface area contributed by atoms with Crippen LogP contribution in [-0.2, 0) is 0 Å². The molecule has 6 nitrogen and oxygen atoms in total. The smallest absolute Gasteiger partial charge is 0.335 e. The maximum absolute atomic E-state index is 11.5. The molecule has 0 atom stereocenters. The van der Waals surface area contributed by atoms with Gasteiger partial charge in [-0.3, -0.25) is 0 Å². The van der Waals surface area contributed by atoms with Gasteiger partial charge in [0, 0.05) is 6.61 Å². The van der Waals surface area contributed by atoms with Crippen molar-refractivity contribution in [3.05, 3.63) is 47.5 Å². The predicted octanol–water partition coefficient (Wildman–Crippen LogP) is 3.47. The molecule has 0 amide bonds. The van der Waals surface area contributed by atoms with Crippen LogP contribution < -0.4 is 14.2 Å². The van der Waals surface area contributed by atoms with Gasteiger partial charge < -0.3 is 24.4 Å². The monoisotopic (exact) mass is 358 g/mol. The van der Waals surface area contributed by atoms with Crippen LogP contribution in [0.1, 0.15) is 22.3 Å². The summed E-state index contributed by atoms with van der Waals surface area (Å²) in [4.78, 5) is 11.5. The average molecular weight is 358 g/mol. The second-order valence-corrected chi connectivity index (χ2v) is 5.48. The molecule has 0 saturated carbocycles. The van der Waals surface area contributed by atoms with E-state index in [-0.39, 0.29) is 12.2 Å². The molecule has 0 unspecified atom stereocenters. The van der Waals surface area contributed by atoms with Crippen molar-refractivity contribution in [2.75, 3.05) is 27.9 Å². The van der Waals surface area contributed by atoms with Crippen molar-refractivity contribution in [3.8, 4) is 28.4 Å². The molecule has 0 aliphatic heterocycles. The Morgan fingerprint density at radius 1 is 0.962 bits per heavy atom. The van der Waals surface area contributed by atoms with E-state index < -0.39 is 5.97 Å². The van der Waals surface area contributed by atoms with Gasteiger partial charge in [0.15, 0.2) is 11.5 Å². The SMILES string of the molecule is COc1cc(-c2cc(/C=C\CCO)cc(C(=O)O)c2)cc(OC)c1OC. The summed E-state index contributed by atoms with van der Waals surface area (Å²) in [6.45, 7) is 0.0366. The van der Waals surface area contributed by atoms with Gasteiger partial charge in [-0.25, -0.2) is 4.79 Å². The van der Waals surface area contributed by atoms with Crippen LogP contribution in [0.3, 0.4) is 0 Å². The molecule has 0 saturated heterocycles. The summed E-state index contributed by atoms with van der Waals surface area (Å²) in [5.41, 5.74) is 2.33. The van der Waals surface area contributed by atoms with Crippen molar-refractivity contribution in [1.82, 2.24) is 0 Å². The van der Waals surface area contributed by atoms with Gasteiger partial charge in [0.1, 0.15) is 0 Å². The minimum atomic E-state index is -1.02. The number of hydrogen-bond donors (Lipinski definition) is 2. The van der Waals surface area contributed by atoms with Crippen molar-refractivity contribution in [2.24, 2.45) is 0 Å². The molecule has 0 aliphatic carbocycles. The highest BCUT2D eigenvalue weighted by Crippen LogP contribution is 2.41. The molecule has 0 aliphatic rings. The Morgan fingerprint density at radius 2 is 1.58 bits per heavy atom. The number of carbonyl (C=O) groups is 1. The molecule has 2 N–H and O–H groups in total. The highest BCUT2D eigenvalue weighted by molar-refractivity contribution is 5.91. The minimum absolute atomic E-state index is 0.0366. The Hall–Kier alpha value is -2.99. The highest BCUT2D eigenvalue weighted by Gasteiger charge is 2.15. The number of aliphatic hydroxyl groups is 1. The molecule has 2 rings (SSSR count). The molecule has 6 heteroatoms. The van der Waals surface area contributed by atoms with Crippen LogP contribution in [0.15, 0.2) is 36.4 Å². The van der Waals surface area contributed by atoms with Crippen LogP contribution in [0.5, 0.6) is 17.2 Å². The lowest BCUT2D eigenvalue weighted by Crippen LogP contribution is -1.99. The third kappa shape index (κ3) is 4.34. The molecule has 0 fully saturated rings. The maximum Gasteiger partial charge on any atom is 0.335 e. The Kier molecular flexibility index (Phi) is 6.63. The molecule has 0 radical (unpaired) electrons. The van der Waals surface area contributed by atoms with E-state index in [0.717, 1.165) is 11.1 Å². The first kappa shape index (κ1) is 19.3. The number of carboxylic acids is 1. The first-order valence-corrected chi connectivity index (χ1v) is 8.00. The summed E-state index contributed by atoms with van der Waals surface area (Å²) >= 11 is 0. The third-order valence-electron chi connectivity index (χ3n) is 3.81. The van der Waals surface area contributed by atoms with Crippen LogP contribution in [-0.4, -0.2) is 44.1 Å². The minimum Gasteiger partial charge on any atom is -0.493 e. The molecular weight excluding hydrogens is 336 g/mol. The van der Waals surface area contributed by atoms with Crippen molar-refractivity contribution in [3.63, 3.8) is 0 Å². The van der Waals surface area contributed by atoms with Gasteiger partial charge in [-0.1, -0.05) is 12.2 Å². The summed E-state index contributed by atoms with van der Waals surface area (Å²) in [6, 6.07) is 8.57. The van der Waals surface area contributed by atoms with Gasteiger partial charge >= 0.3 is 5.97 Å². The van der Waals surface area contributed by atoms with E-state index in [1.54, 1.807) is 36.4 Å². The Labute approximate surface area is 152 Å². The molecule has 138 valence electrons. The largest absolute Gasteiger partial charge is 0.493 e. The number of aliphatic hydroxyl groups excluding tert-OH is 1. The van der Waals surface area contributed by atoms with Crippen LogP contribution in [0.4, 0.5) is 0 Å². The van der Waals surface area contributed by atoms with E-state index >= 15 is 0 Å². The molecule has 0 aromatic heterocycles. The van der Waals surface area contributed by atoms with E-state index in [2.05, 4.69) is 0 Å². The lowest BCUT2D eigenvalue weighted by atomic mass is 9.98. The fourth-order valence-corrected chi connectivity index (χ4v) is 2.58. The van der Waals surface area contributed by atoms with E-state index in [1.165, 1.54) is 21.3 Å². The van der Waals surface area contributed by atoms with Gasteiger partial charge in [-0.2, -0.15) is 0 Å². The number of benzene rings is 2. The molecule has 26 heavy (non-hydrogen) atoms. The van der Waals surface area contributed by atoms with Gasteiger partial charge in [0.25, 0.3) is 0 Å². The number of rotatable bonds is 8. The van der Waals surface area contributed by atoms with E-state index in [1.807, 2.05) is 6.07 Å². The lowest BCUT2D eigenvalue weighted by Gasteiger charge is -2.15. The van der Waals surface area contributed by atoms with Crippen molar-refractivity contribution in [2.45, 2.75) is 6.42 Å². The third-order valence-corrected chi connectivity index (χ3v) is 3.81. The topological polar surface area (TPSA) is 85.2 Å². The molecule has 0 spiro atoms. The summed E-state index contributed by atoms with van der Waals surface area (Å²) in [6.07, 6.45) is 4.07. The first-order chi connectivity index (χ1) is 12.5. The zero-order chi connectivity index (χ0) is 19.1. The Bertz CT molecular complexity index is 785. The molecule has 0 heterocycles. The van der Waals surface area contributed by atoms with Crippen LogP contribution >= 0.6 is 0 Å². The number of hydrogen-bond acceptors (Lipinski definition) is 5. The molecule has 0 bridgehead atoms. The summed E-state index contributed by atoms with van der Waals surface area (Å²) in [5.74, 6) is 0.423. The Morgan fingerprint density at radius 3 is 2.08 bits per heavy atom. The normalized spacial score (nSPS) is 10.8. The van der Waals surface area contributed by atoms with Crippen molar-refractivity contribution >= 4 is 12.0 Å². The van der Waals surface area contributed by atoms with Crippen molar-refractivity contribution in [1.29, 1.82) is 0 Å². The van der Waals surface area contributed by atoms with E-state index in [4.69, 9.17) is 19.3 Å². The van der Waals surface area contributed by atoms with Gasteiger partial charge in [0.2, 0.25) is 5.75 Å². The van der Waals surface area contributed by atoms with Crippen LogP contribution in [0.25, 0.3) is 17.2 Å². The number of aromatic carboxylic acids is 1. The second kappa shape index (κ2) is 8.92. The fourth-order valence-electron chi connectivity index (χ4n) is 2.58. The molecule has 2 aromatic carbocycles. The van der Waals surface area contributed by atoms with Crippen LogP contribution in [0.2, 0.25) is 0 Å². The van der Waals surface area contributed by atoms with E-state index in [0.29, 0.717) is 29.2 Å². The predicted molar refractivity (Wildman–Crippen MR) is 99.2 cm³/mol. The molecular formula is C20H22O6. The summed E-state index contributed by atoms with van der Waals surface area (Å²) in [7, 11) is 4.57. The van der Waals surface area contributed by atoms with Crippen LogP contribution in [0, 0.1) is 0 Å². The molecule has 2 aromatic rings. The zero-order valence-electron chi connectivity index (χ0n) is 15.0. The fraction of sp³-hybridized carbons (Fsp3) is 0.250. The Balaban J connectivity index is 2.61. The zero-order valence-corrected chi connectivity index (χ0v) is 15.0. The highest BCUT2D eigenvalue weighted by atomic mass is 16.5. The summed E-state index contributed by atoms with van der Waals surface area (Å²) < 4.78 is 16.1. The standard InChI is InChI=1S/C20H22O6/c1-24-17-11-15(12-18(25-2)19(17)26-3)14-8-13(6-4-5-7-21)9-16(10-14)20(22)23/h4,6,8-12,21H,5,7H2,1-3H3,(H,22,23)/b6-4-. The summed E-state index contributed by atoms with van der Waals surface area (Å²) in [5, 5.41) is 18.3. The lowest BCUT2D eigenvalue weighted by molar-refractivity contribution is 0.0697. The number of ether oxygens (including phenoxy) is 3. The van der Waals surface area contributed by atoms with E-state index in [9.17, 15) is 9.90 Å². The quantitative estimate of drug-likeness (QED) is 0.751. The van der Waals surface area contributed by atoms with Crippen molar-refractivity contribution < 1.29 is 29.2 Å².